The van der Waals surface area contributed by atoms with Crippen molar-refractivity contribution < 1.29 is 14.3 Å². The number of amides is 1. The number of carbonyl (C=O) groups excluding carboxylic acids is 2. The summed E-state index contributed by atoms with van der Waals surface area (Å²) in [4.78, 5) is 26.9. The van der Waals surface area contributed by atoms with E-state index in [1.807, 2.05) is 25.7 Å². The van der Waals surface area contributed by atoms with Crippen LogP contribution in [0.25, 0.3) is 0 Å². The Hall–Kier alpha value is -1.75. The maximum absolute atomic E-state index is 12.0. The highest BCUT2D eigenvalue weighted by molar-refractivity contribution is 6.33. The molecular formula is C16H21ClN2O3. The number of anilines is 1. The number of ether oxygens (including phenoxy) is 1. The molecule has 0 aliphatic carbocycles. The molecule has 2 rings (SSSR count). The Morgan fingerprint density at radius 2 is 1.86 bits per heavy atom. The first-order chi connectivity index (χ1) is 10.3. The zero-order valence-electron chi connectivity index (χ0n) is 13.1. The quantitative estimate of drug-likeness (QED) is 0.784. The van der Waals surface area contributed by atoms with E-state index in [9.17, 15) is 9.59 Å². The SMILES string of the molecule is CC(C)(C)OC(=O)N1CCN(c2c(Cl)cccc2C=O)CC1. The normalized spacial score (nSPS) is 15.6. The average Bonchev–Trinajstić information content (AvgIpc) is 2.45. The van der Waals surface area contributed by atoms with Gasteiger partial charge in [0.2, 0.25) is 0 Å². The highest BCUT2D eigenvalue weighted by Crippen LogP contribution is 2.30. The lowest BCUT2D eigenvalue weighted by Gasteiger charge is -2.37. The minimum Gasteiger partial charge on any atom is -0.444 e. The molecule has 5 nitrogen and oxygen atoms in total. The monoisotopic (exact) mass is 324 g/mol. The molecule has 6 heteroatoms. The van der Waals surface area contributed by atoms with Crippen LogP contribution in [0.4, 0.5) is 10.5 Å². The molecule has 0 unspecified atom stereocenters. The molecule has 0 N–H and O–H groups in total. The van der Waals surface area contributed by atoms with Crippen molar-refractivity contribution in [2.75, 3.05) is 31.1 Å². The van der Waals surface area contributed by atoms with Crippen LogP contribution in [-0.2, 0) is 4.74 Å². The summed E-state index contributed by atoms with van der Waals surface area (Å²) in [7, 11) is 0. The van der Waals surface area contributed by atoms with E-state index >= 15 is 0 Å². The number of piperazine rings is 1. The Kier molecular flexibility index (Phi) is 4.96. The number of carbonyl (C=O) groups is 2. The Labute approximate surface area is 135 Å². The first kappa shape index (κ1) is 16.6. The maximum Gasteiger partial charge on any atom is 0.410 e. The molecule has 0 atom stereocenters. The van der Waals surface area contributed by atoms with E-state index < -0.39 is 5.60 Å². The van der Waals surface area contributed by atoms with Crippen molar-refractivity contribution in [2.45, 2.75) is 26.4 Å². The zero-order valence-corrected chi connectivity index (χ0v) is 13.9. The van der Waals surface area contributed by atoms with Crippen molar-refractivity contribution in [2.24, 2.45) is 0 Å². The fourth-order valence-electron chi connectivity index (χ4n) is 2.40. The van der Waals surface area contributed by atoms with Crippen LogP contribution < -0.4 is 4.90 Å². The molecule has 0 spiro atoms. The second-order valence-electron chi connectivity index (χ2n) is 6.25. The fourth-order valence-corrected chi connectivity index (χ4v) is 2.70. The van der Waals surface area contributed by atoms with Gasteiger partial charge >= 0.3 is 6.09 Å². The van der Waals surface area contributed by atoms with Gasteiger partial charge in [0.1, 0.15) is 5.60 Å². The van der Waals surface area contributed by atoms with Gasteiger partial charge in [-0.05, 0) is 32.9 Å². The van der Waals surface area contributed by atoms with E-state index in [0.717, 1.165) is 12.0 Å². The minimum atomic E-state index is -0.498. The summed E-state index contributed by atoms with van der Waals surface area (Å²) in [5.41, 5.74) is 0.808. The smallest absolute Gasteiger partial charge is 0.410 e. The Balaban J connectivity index is 2.04. The largest absolute Gasteiger partial charge is 0.444 e. The van der Waals surface area contributed by atoms with Gasteiger partial charge in [-0.25, -0.2) is 4.79 Å². The number of rotatable bonds is 2. The summed E-state index contributed by atoms with van der Waals surface area (Å²) in [6.07, 6.45) is 0.503. The molecule has 0 bridgehead atoms. The van der Waals surface area contributed by atoms with Crippen molar-refractivity contribution in [3.8, 4) is 0 Å². The maximum atomic E-state index is 12.0. The lowest BCUT2D eigenvalue weighted by Crippen LogP contribution is -2.50. The molecule has 120 valence electrons. The summed E-state index contributed by atoms with van der Waals surface area (Å²) < 4.78 is 5.37. The van der Waals surface area contributed by atoms with Crippen LogP contribution in [0, 0.1) is 0 Å². The average molecular weight is 325 g/mol. The molecule has 1 amide bonds. The number of aldehydes is 1. The number of halogens is 1. The first-order valence-corrected chi connectivity index (χ1v) is 7.66. The van der Waals surface area contributed by atoms with Gasteiger partial charge in [-0.1, -0.05) is 17.7 Å². The van der Waals surface area contributed by atoms with E-state index in [0.29, 0.717) is 36.8 Å². The zero-order chi connectivity index (χ0) is 16.3. The number of para-hydroxylation sites is 1. The summed E-state index contributed by atoms with van der Waals surface area (Å²) in [6.45, 7) is 7.86. The molecule has 1 aliphatic heterocycles. The predicted molar refractivity (Wildman–Crippen MR) is 86.9 cm³/mol. The number of nitrogens with zero attached hydrogens (tertiary/aromatic N) is 2. The third kappa shape index (κ3) is 3.91. The second kappa shape index (κ2) is 6.57. The summed E-state index contributed by atoms with van der Waals surface area (Å²) in [5, 5.41) is 0.551. The Bertz CT molecular complexity index is 561. The van der Waals surface area contributed by atoms with Crippen molar-refractivity contribution >= 4 is 29.7 Å². The van der Waals surface area contributed by atoms with Crippen molar-refractivity contribution in [1.82, 2.24) is 4.90 Å². The van der Waals surface area contributed by atoms with Gasteiger partial charge in [0, 0.05) is 31.7 Å². The lowest BCUT2D eigenvalue weighted by molar-refractivity contribution is 0.0240. The molecule has 0 aromatic heterocycles. The van der Waals surface area contributed by atoms with Crippen LogP contribution in [-0.4, -0.2) is 49.1 Å². The topological polar surface area (TPSA) is 49.9 Å². The first-order valence-electron chi connectivity index (χ1n) is 7.28. The molecule has 1 aromatic carbocycles. The summed E-state index contributed by atoms with van der Waals surface area (Å²) in [6, 6.07) is 5.27. The molecule has 0 radical (unpaired) electrons. The van der Waals surface area contributed by atoms with Gasteiger partial charge < -0.3 is 14.5 Å². The minimum absolute atomic E-state index is 0.304. The third-order valence-corrected chi connectivity index (χ3v) is 3.70. The van der Waals surface area contributed by atoms with Crippen LogP contribution in [0.1, 0.15) is 31.1 Å². The molecule has 1 fully saturated rings. The second-order valence-corrected chi connectivity index (χ2v) is 6.66. The van der Waals surface area contributed by atoms with Gasteiger partial charge in [0.25, 0.3) is 0 Å². The van der Waals surface area contributed by atoms with Gasteiger partial charge in [-0.15, -0.1) is 0 Å². The highest BCUT2D eigenvalue weighted by Gasteiger charge is 2.27. The molecule has 1 aromatic rings. The van der Waals surface area contributed by atoms with E-state index in [1.54, 1.807) is 23.1 Å². The molecule has 0 saturated carbocycles. The fraction of sp³-hybridized carbons (Fsp3) is 0.500. The van der Waals surface area contributed by atoms with Crippen molar-refractivity contribution in [1.29, 1.82) is 0 Å². The van der Waals surface area contributed by atoms with Crippen molar-refractivity contribution in [3.05, 3.63) is 28.8 Å². The molecular weight excluding hydrogens is 304 g/mol. The lowest BCUT2D eigenvalue weighted by atomic mass is 10.1. The van der Waals surface area contributed by atoms with E-state index in [1.165, 1.54) is 0 Å². The summed E-state index contributed by atoms with van der Waals surface area (Å²) in [5.74, 6) is 0. The number of hydrogen-bond donors (Lipinski definition) is 0. The van der Waals surface area contributed by atoms with Crippen LogP contribution in [0.2, 0.25) is 5.02 Å². The van der Waals surface area contributed by atoms with Crippen molar-refractivity contribution in [3.63, 3.8) is 0 Å². The van der Waals surface area contributed by atoms with E-state index in [-0.39, 0.29) is 6.09 Å². The number of benzene rings is 1. The summed E-state index contributed by atoms with van der Waals surface area (Å²) >= 11 is 6.22. The van der Waals surface area contributed by atoms with E-state index in [2.05, 4.69) is 0 Å². The van der Waals surface area contributed by atoms with Crippen LogP contribution >= 0.6 is 11.6 Å². The Morgan fingerprint density at radius 3 is 2.41 bits per heavy atom. The van der Waals surface area contributed by atoms with Crippen LogP contribution in [0.3, 0.4) is 0 Å². The van der Waals surface area contributed by atoms with E-state index in [4.69, 9.17) is 16.3 Å². The predicted octanol–water partition coefficient (Wildman–Crippen LogP) is 3.21. The van der Waals surface area contributed by atoms with Gasteiger partial charge in [0.15, 0.2) is 6.29 Å². The number of hydrogen-bond acceptors (Lipinski definition) is 4. The van der Waals surface area contributed by atoms with Crippen LogP contribution in [0.5, 0.6) is 0 Å². The Morgan fingerprint density at radius 1 is 1.23 bits per heavy atom. The van der Waals surface area contributed by atoms with Gasteiger partial charge in [0.05, 0.1) is 10.7 Å². The standard InChI is InChI=1S/C16H21ClN2O3/c1-16(2,3)22-15(21)19-9-7-18(8-10-19)14-12(11-20)5-4-6-13(14)17/h4-6,11H,7-10H2,1-3H3. The molecule has 1 heterocycles. The molecule has 1 saturated heterocycles. The molecule has 1 aliphatic rings. The molecule has 22 heavy (non-hydrogen) atoms. The third-order valence-electron chi connectivity index (χ3n) is 3.39. The van der Waals surface area contributed by atoms with Gasteiger partial charge in [-0.3, -0.25) is 4.79 Å². The van der Waals surface area contributed by atoms with Crippen LogP contribution in [0.15, 0.2) is 18.2 Å². The highest BCUT2D eigenvalue weighted by atomic mass is 35.5. The van der Waals surface area contributed by atoms with Gasteiger partial charge in [-0.2, -0.15) is 0 Å².